The lowest BCUT2D eigenvalue weighted by atomic mass is 9.73. The monoisotopic (exact) mass is 749 g/mol. The molecule has 4 amide bonds. The first-order chi connectivity index (χ1) is 25.6. The zero-order valence-corrected chi connectivity index (χ0v) is 32.2. The molecule has 2 heterocycles. The SMILES string of the molecule is CCC(CC)NC(=O)c1cc(C(=O)N[C@@H](CCCCN)C(=O)O)c2c(c1)C(C)(C)c1cc(C(=O)N3CCCC3)cc(C(=O)N[C@H](C(=O)O)C(C)CC)c1O2. The van der Waals surface area contributed by atoms with Crippen LogP contribution in [-0.2, 0) is 15.0 Å². The molecule has 0 aliphatic carbocycles. The van der Waals surface area contributed by atoms with Crippen LogP contribution >= 0.6 is 0 Å². The molecule has 2 aliphatic rings. The van der Waals surface area contributed by atoms with E-state index in [9.17, 15) is 39.0 Å². The molecule has 3 atom stereocenters. The van der Waals surface area contributed by atoms with Gasteiger partial charge in [0.1, 0.15) is 23.6 Å². The average molecular weight is 750 g/mol. The van der Waals surface area contributed by atoms with Gasteiger partial charge in [-0.2, -0.15) is 0 Å². The summed E-state index contributed by atoms with van der Waals surface area (Å²) in [7, 11) is 0. The number of fused-ring (bicyclic) bond motifs is 2. The molecule has 54 heavy (non-hydrogen) atoms. The number of rotatable bonds is 17. The Morgan fingerprint density at radius 1 is 0.778 bits per heavy atom. The summed E-state index contributed by atoms with van der Waals surface area (Å²) < 4.78 is 6.52. The number of aliphatic carboxylic acids is 2. The van der Waals surface area contributed by atoms with E-state index in [-0.39, 0.29) is 52.1 Å². The molecule has 2 aliphatic heterocycles. The van der Waals surface area contributed by atoms with Crippen molar-refractivity contribution in [1.82, 2.24) is 20.9 Å². The topological polar surface area (TPSA) is 217 Å². The second-order valence-electron chi connectivity index (χ2n) is 14.8. The molecule has 1 fully saturated rings. The molecule has 0 bridgehead atoms. The van der Waals surface area contributed by atoms with Gasteiger partial charge in [-0.05, 0) is 81.7 Å². The van der Waals surface area contributed by atoms with Crippen LogP contribution in [0, 0.1) is 5.92 Å². The van der Waals surface area contributed by atoms with Crippen molar-refractivity contribution in [2.24, 2.45) is 11.7 Å². The van der Waals surface area contributed by atoms with Crippen LogP contribution in [0.3, 0.4) is 0 Å². The van der Waals surface area contributed by atoms with Gasteiger partial charge in [-0.15, -0.1) is 0 Å². The molecule has 0 spiro atoms. The number of nitrogens with one attached hydrogen (secondary N) is 3. The molecule has 294 valence electrons. The molecular formula is C40H55N5O9. The molecular weight excluding hydrogens is 694 g/mol. The summed E-state index contributed by atoms with van der Waals surface area (Å²) in [5.41, 5.74) is 5.43. The molecule has 0 aromatic heterocycles. The molecule has 0 saturated carbocycles. The Morgan fingerprint density at radius 3 is 1.85 bits per heavy atom. The van der Waals surface area contributed by atoms with Crippen molar-refractivity contribution in [2.75, 3.05) is 19.6 Å². The van der Waals surface area contributed by atoms with Crippen LogP contribution in [0.1, 0.15) is 145 Å². The summed E-state index contributed by atoms with van der Waals surface area (Å²) in [6.07, 6.45) is 4.60. The average Bonchev–Trinajstić information content (AvgIpc) is 3.69. The van der Waals surface area contributed by atoms with Crippen molar-refractivity contribution in [3.63, 3.8) is 0 Å². The van der Waals surface area contributed by atoms with Crippen molar-refractivity contribution < 1.29 is 43.7 Å². The van der Waals surface area contributed by atoms with Crippen LogP contribution < -0.4 is 26.4 Å². The number of hydrogen-bond acceptors (Lipinski definition) is 8. The fourth-order valence-electron chi connectivity index (χ4n) is 7.00. The minimum Gasteiger partial charge on any atom is -0.480 e. The fourth-order valence-corrected chi connectivity index (χ4v) is 7.00. The number of carboxylic acid groups (broad SMARTS) is 2. The molecule has 4 rings (SSSR count). The summed E-state index contributed by atoms with van der Waals surface area (Å²) in [5.74, 6) is -5.21. The Labute approximate surface area is 316 Å². The lowest BCUT2D eigenvalue weighted by Gasteiger charge is -2.37. The van der Waals surface area contributed by atoms with E-state index in [1.54, 1.807) is 24.0 Å². The third-order valence-corrected chi connectivity index (χ3v) is 10.8. The van der Waals surface area contributed by atoms with Crippen LogP contribution in [0.2, 0.25) is 0 Å². The van der Waals surface area contributed by atoms with Gasteiger partial charge in [0.25, 0.3) is 23.6 Å². The van der Waals surface area contributed by atoms with E-state index in [0.29, 0.717) is 62.9 Å². The van der Waals surface area contributed by atoms with E-state index in [1.165, 1.54) is 12.1 Å². The number of amides is 4. The Balaban J connectivity index is 1.94. The summed E-state index contributed by atoms with van der Waals surface area (Å²) in [6.45, 7) is 12.5. The van der Waals surface area contributed by atoms with E-state index in [2.05, 4.69) is 16.0 Å². The third kappa shape index (κ3) is 9.03. The Kier molecular flexibility index (Phi) is 13.8. The number of carbonyl (C=O) groups is 6. The largest absolute Gasteiger partial charge is 0.480 e. The number of carboxylic acids is 2. The first-order valence-electron chi connectivity index (χ1n) is 19.0. The standard InChI is InChI=1S/C40H55N5O9/c1-7-22(4)31(39(52)53)44-36(48)27-19-24(37(49)45-16-12-13-17-45)21-29-33(27)54-32-26(35(47)43-30(38(50)51)14-10-11-15-41)18-23(20-28(32)40(29,5)6)34(46)42-25(8-2)9-3/h18-22,25,30-31H,7-17,41H2,1-6H3,(H,42,46)(H,43,47)(H,44,48)(H,50,51)(H,52,53)/t22?,30-,31-/m0/s1. The van der Waals surface area contributed by atoms with E-state index in [0.717, 1.165) is 12.8 Å². The smallest absolute Gasteiger partial charge is 0.326 e. The van der Waals surface area contributed by atoms with Crippen molar-refractivity contribution >= 4 is 35.6 Å². The number of unbranched alkanes of at least 4 members (excludes halogenated alkanes) is 1. The van der Waals surface area contributed by atoms with E-state index < -0.39 is 53.1 Å². The number of nitrogens with two attached hydrogens (primary N) is 1. The van der Waals surface area contributed by atoms with E-state index in [4.69, 9.17) is 10.5 Å². The molecule has 14 nitrogen and oxygen atoms in total. The van der Waals surface area contributed by atoms with Gasteiger partial charge in [0.05, 0.1) is 11.1 Å². The highest BCUT2D eigenvalue weighted by Gasteiger charge is 2.42. The summed E-state index contributed by atoms with van der Waals surface area (Å²) >= 11 is 0. The quantitative estimate of drug-likeness (QED) is 0.121. The Hall–Kier alpha value is -4.98. The van der Waals surface area contributed by atoms with Crippen molar-refractivity contribution in [3.8, 4) is 11.5 Å². The lowest BCUT2D eigenvalue weighted by molar-refractivity contribution is -0.141. The predicted molar refractivity (Wildman–Crippen MR) is 202 cm³/mol. The van der Waals surface area contributed by atoms with Gasteiger partial charge < -0.3 is 41.5 Å². The van der Waals surface area contributed by atoms with E-state index in [1.807, 2.05) is 34.6 Å². The number of benzene rings is 2. The summed E-state index contributed by atoms with van der Waals surface area (Å²) in [4.78, 5) is 82.0. The first-order valence-corrected chi connectivity index (χ1v) is 19.0. The molecule has 7 N–H and O–H groups in total. The first kappa shape index (κ1) is 41.8. The molecule has 0 radical (unpaired) electrons. The van der Waals surface area contributed by atoms with Crippen LogP contribution in [0.15, 0.2) is 24.3 Å². The van der Waals surface area contributed by atoms with Crippen LogP contribution in [-0.4, -0.2) is 88.4 Å². The van der Waals surface area contributed by atoms with Crippen LogP contribution in [0.5, 0.6) is 11.5 Å². The van der Waals surface area contributed by atoms with Crippen molar-refractivity contribution in [3.05, 3.63) is 57.6 Å². The number of hydrogen-bond donors (Lipinski definition) is 6. The maximum atomic E-state index is 14.2. The zero-order valence-electron chi connectivity index (χ0n) is 32.2. The number of nitrogens with zero attached hydrogens (tertiary/aromatic N) is 1. The van der Waals surface area contributed by atoms with Crippen LogP contribution in [0.25, 0.3) is 0 Å². The van der Waals surface area contributed by atoms with Gasteiger partial charge in [0.15, 0.2) is 0 Å². The van der Waals surface area contributed by atoms with Crippen LogP contribution in [0.4, 0.5) is 0 Å². The predicted octanol–water partition coefficient (Wildman–Crippen LogP) is 4.81. The Bertz CT molecular complexity index is 1760. The normalized spacial score (nSPS) is 16.0. The van der Waals surface area contributed by atoms with Crippen molar-refractivity contribution in [2.45, 2.75) is 116 Å². The molecule has 2 aromatic rings. The van der Waals surface area contributed by atoms with Gasteiger partial charge in [0, 0.05) is 46.8 Å². The summed E-state index contributed by atoms with van der Waals surface area (Å²) in [6, 6.07) is 3.35. The lowest BCUT2D eigenvalue weighted by Crippen LogP contribution is -2.45. The highest BCUT2D eigenvalue weighted by atomic mass is 16.5. The number of likely N-dealkylation sites (tertiary alicyclic amines) is 1. The molecule has 1 unspecified atom stereocenters. The maximum Gasteiger partial charge on any atom is 0.326 e. The fraction of sp³-hybridized carbons (Fsp3) is 0.550. The minimum absolute atomic E-state index is 0.000407. The number of ether oxygens (including phenoxy) is 1. The molecule has 2 aromatic carbocycles. The third-order valence-electron chi connectivity index (χ3n) is 10.8. The number of carbonyl (C=O) groups excluding carboxylic acids is 4. The van der Waals surface area contributed by atoms with Gasteiger partial charge in [-0.3, -0.25) is 19.2 Å². The van der Waals surface area contributed by atoms with Gasteiger partial charge in [-0.1, -0.05) is 48.0 Å². The second kappa shape index (κ2) is 17.9. The highest BCUT2D eigenvalue weighted by molar-refractivity contribution is 6.06. The Morgan fingerprint density at radius 2 is 1.33 bits per heavy atom. The minimum atomic E-state index is -1.26. The molecule has 1 saturated heterocycles. The van der Waals surface area contributed by atoms with Gasteiger partial charge >= 0.3 is 11.9 Å². The van der Waals surface area contributed by atoms with E-state index >= 15 is 0 Å². The van der Waals surface area contributed by atoms with Gasteiger partial charge in [0.2, 0.25) is 0 Å². The highest BCUT2D eigenvalue weighted by Crippen LogP contribution is 2.51. The second-order valence-corrected chi connectivity index (χ2v) is 14.8. The summed E-state index contributed by atoms with van der Waals surface area (Å²) in [5, 5.41) is 28.2. The van der Waals surface area contributed by atoms with Crippen molar-refractivity contribution in [1.29, 1.82) is 0 Å². The maximum absolute atomic E-state index is 14.2. The zero-order chi connectivity index (χ0) is 39.9. The van der Waals surface area contributed by atoms with Gasteiger partial charge in [-0.25, -0.2) is 9.59 Å². The molecule has 14 heteroatoms.